The Hall–Kier alpha value is -3.22. The van der Waals surface area contributed by atoms with Crippen LogP contribution >= 0.6 is 0 Å². The zero-order valence-electron chi connectivity index (χ0n) is 12.7. The van der Waals surface area contributed by atoms with Crippen molar-refractivity contribution in [1.29, 1.82) is 0 Å². The van der Waals surface area contributed by atoms with Crippen LogP contribution in [0.5, 0.6) is 0 Å². The molecule has 7 nitrogen and oxygen atoms in total. The summed E-state index contributed by atoms with van der Waals surface area (Å²) in [5.41, 5.74) is 1.78. The first-order valence-electron chi connectivity index (χ1n) is 6.87. The van der Waals surface area contributed by atoms with Gasteiger partial charge in [0, 0.05) is 24.0 Å². The first-order chi connectivity index (χ1) is 10.9. The molecule has 0 spiro atoms. The molecule has 0 aliphatic heterocycles. The number of amides is 3. The van der Waals surface area contributed by atoms with Crippen molar-refractivity contribution in [2.75, 3.05) is 16.0 Å². The minimum absolute atomic E-state index is 0.188. The lowest BCUT2D eigenvalue weighted by atomic mass is 10.2. The SMILES string of the molecule is CC(=O)Nc1ccc(NC(=O)C(=O)Nc2cccc(C)n2)cc1. The molecule has 0 unspecified atom stereocenters. The van der Waals surface area contributed by atoms with Gasteiger partial charge in [0.25, 0.3) is 0 Å². The number of nitrogens with zero attached hydrogens (tertiary/aromatic N) is 1. The van der Waals surface area contributed by atoms with Crippen LogP contribution in [0.1, 0.15) is 12.6 Å². The minimum Gasteiger partial charge on any atom is -0.326 e. The first-order valence-corrected chi connectivity index (χ1v) is 6.87. The Morgan fingerprint density at radius 2 is 1.39 bits per heavy atom. The molecule has 3 N–H and O–H groups in total. The second kappa shape index (κ2) is 7.17. The van der Waals surface area contributed by atoms with E-state index in [0.717, 1.165) is 5.69 Å². The fourth-order valence-corrected chi connectivity index (χ4v) is 1.81. The largest absolute Gasteiger partial charge is 0.326 e. The van der Waals surface area contributed by atoms with Gasteiger partial charge < -0.3 is 16.0 Å². The Balaban J connectivity index is 1.95. The van der Waals surface area contributed by atoms with E-state index >= 15 is 0 Å². The lowest BCUT2D eigenvalue weighted by Gasteiger charge is -2.07. The maximum absolute atomic E-state index is 11.8. The lowest BCUT2D eigenvalue weighted by molar-refractivity contribution is -0.133. The second-order valence-electron chi connectivity index (χ2n) is 4.83. The van der Waals surface area contributed by atoms with Crippen LogP contribution in [0.15, 0.2) is 42.5 Å². The summed E-state index contributed by atoms with van der Waals surface area (Å²) in [5, 5.41) is 7.49. The Bertz CT molecular complexity index is 741. The van der Waals surface area contributed by atoms with Crippen molar-refractivity contribution >= 4 is 34.9 Å². The van der Waals surface area contributed by atoms with E-state index in [0.29, 0.717) is 17.2 Å². The Kier molecular flexibility index (Phi) is 5.03. The molecule has 0 atom stereocenters. The molecule has 0 saturated heterocycles. The van der Waals surface area contributed by atoms with Crippen LogP contribution < -0.4 is 16.0 Å². The van der Waals surface area contributed by atoms with Crippen molar-refractivity contribution in [3.63, 3.8) is 0 Å². The topological polar surface area (TPSA) is 100 Å². The van der Waals surface area contributed by atoms with Crippen molar-refractivity contribution in [3.05, 3.63) is 48.2 Å². The fraction of sp³-hybridized carbons (Fsp3) is 0.125. The molecule has 23 heavy (non-hydrogen) atoms. The maximum atomic E-state index is 11.8. The average Bonchev–Trinajstić information content (AvgIpc) is 2.48. The van der Waals surface area contributed by atoms with Crippen LogP contribution in [0.2, 0.25) is 0 Å². The van der Waals surface area contributed by atoms with Gasteiger partial charge in [0.2, 0.25) is 5.91 Å². The van der Waals surface area contributed by atoms with Gasteiger partial charge >= 0.3 is 11.8 Å². The third-order valence-electron chi connectivity index (χ3n) is 2.80. The van der Waals surface area contributed by atoms with E-state index in [1.165, 1.54) is 6.92 Å². The second-order valence-corrected chi connectivity index (χ2v) is 4.83. The van der Waals surface area contributed by atoms with Gasteiger partial charge in [-0.15, -0.1) is 0 Å². The molecule has 0 aliphatic rings. The van der Waals surface area contributed by atoms with E-state index < -0.39 is 11.8 Å². The molecule has 1 aromatic heterocycles. The molecule has 7 heteroatoms. The van der Waals surface area contributed by atoms with Gasteiger partial charge in [-0.1, -0.05) is 6.07 Å². The monoisotopic (exact) mass is 312 g/mol. The standard InChI is InChI=1S/C16H16N4O3/c1-10-4-3-5-14(17-10)20-16(23)15(22)19-13-8-6-12(7-9-13)18-11(2)21/h3-9H,1-2H3,(H,18,21)(H,19,22)(H,17,20,23). The van der Waals surface area contributed by atoms with Crippen LogP contribution in [0.3, 0.4) is 0 Å². The van der Waals surface area contributed by atoms with Gasteiger partial charge in [0.05, 0.1) is 0 Å². The van der Waals surface area contributed by atoms with Crippen molar-refractivity contribution < 1.29 is 14.4 Å². The summed E-state index contributed by atoms with van der Waals surface area (Å²) in [5.74, 6) is -1.49. The number of anilines is 3. The molecule has 0 bridgehead atoms. The van der Waals surface area contributed by atoms with Gasteiger partial charge in [-0.3, -0.25) is 14.4 Å². The third kappa shape index (κ3) is 4.92. The molecule has 0 fully saturated rings. The number of pyridine rings is 1. The van der Waals surface area contributed by atoms with Crippen molar-refractivity contribution in [1.82, 2.24) is 4.98 Å². The number of rotatable bonds is 3. The Morgan fingerprint density at radius 3 is 1.96 bits per heavy atom. The molecule has 0 radical (unpaired) electrons. The van der Waals surface area contributed by atoms with Crippen molar-refractivity contribution in [2.24, 2.45) is 0 Å². The van der Waals surface area contributed by atoms with Gasteiger partial charge in [0.15, 0.2) is 0 Å². The number of hydrogen-bond donors (Lipinski definition) is 3. The number of aryl methyl sites for hydroxylation is 1. The normalized spacial score (nSPS) is 9.83. The highest BCUT2D eigenvalue weighted by molar-refractivity contribution is 6.43. The van der Waals surface area contributed by atoms with Crippen LogP contribution in [-0.4, -0.2) is 22.7 Å². The fourth-order valence-electron chi connectivity index (χ4n) is 1.81. The number of nitrogens with one attached hydrogen (secondary N) is 3. The highest BCUT2D eigenvalue weighted by Crippen LogP contribution is 2.13. The zero-order valence-corrected chi connectivity index (χ0v) is 12.7. The lowest BCUT2D eigenvalue weighted by Crippen LogP contribution is -2.29. The summed E-state index contributed by atoms with van der Waals surface area (Å²) in [4.78, 5) is 38.7. The number of carbonyl (C=O) groups is 3. The summed E-state index contributed by atoms with van der Waals surface area (Å²) in [6.07, 6.45) is 0. The van der Waals surface area contributed by atoms with Crippen LogP contribution in [0.25, 0.3) is 0 Å². The highest BCUT2D eigenvalue weighted by atomic mass is 16.2. The van der Waals surface area contributed by atoms with E-state index in [2.05, 4.69) is 20.9 Å². The smallest absolute Gasteiger partial charge is 0.315 e. The molecule has 0 aliphatic carbocycles. The maximum Gasteiger partial charge on any atom is 0.315 e. The molecule has 3 amide bonds. The van der Waals surface area contributed by atoms with Gasteiger partial charge in [-0.2, -0.15) is 0 Å². The molecular formula is C16H16N4O3. The molecule has 0 saturated carbocycles. The van der Waals surface area contributed by atoms with Crippen molar-refractivity contribution in [2.45, 2.75) is 13.8 Å². The van der Waals surface area contributed by atoms with Crippen LogP contribution in [-0.2, 0) is 14.4 Å². The summed E-state index contributed by atoms with van der Waals surface area (Å²) < 4.78 is 0. The van der Waals surface area contributed by atoms with E-state index in [9.17, 15) is 14.4 Å². The molecule has 2 aromatic rings. The van der Waals surface area contributed by atoms with Crippen molar-refractivity contribution in [3.8, 4) is 0 Å². The van der Waals surface area contributed by atoms with E-state index in [1.54, 1.807) is 49.4 Å². The van der Waals surface area contributed by atoms with E-state index in [-0.39, 0.29) is 5.91 Å². The Labute approximate surface area is 133 Å². The summed E-state index contributed by atoms with van der Waals surface area (Å²) in [6.45, 7) is 3.19. The first kappa shape index (κ1) is 16.2. The van der Waals surface area contributed by atoms with Gasteiger partial charge in [-0.25, -0.2) is 4.98 Å². The molecule has 118 valence electrons. The number of hydrogen-bond acceptors (Lipinski definition) is 4. The summed E-state index contributed by atoms with van der Waals surface area (Å²) in [7, 11) is 0. The molecule has 1 aromatic carbocycles. The third-order valence-corrected chi connectivity index (χ3v) is 2.80. The molecule has 2 rings (SSSR count). The van der Waals surface area contributed by atoms with E-state index in [4.69, 9.17) is 0 Å². The van der Waals surface area contributed by atoms with Gasteiger partial charge in [-0.05, 0) is 43.3 Å². The average molecular weight is 312 g/mol. The molecular weight excluding hydrogens is 296 g/mol. The predicted octanol–water partition coefficient (Wildman–Crippen LogP) is 1.93. The number of benzene rings is 1. The highest BCUT2D eigenvalue weighted by Gasteiger charge is 2.14. The van der Waals surface area contributed by atoms with Gasteiger partial charge in [0.1, 0.15) is 5.82 Å². The summed E-state index contributed by atoms with van der Waals surface area (Å²) >= 11 is 0. The quantitative estimate of drug-likeness (QED) is 0.754. The van der Waals surface area contributed by atoms with E-state index in [1.807, 2.05) is 0 Å². The zero-order chi connectivity index (χ0) is 16.8. The summed E-state index contributed by atoms with van der Waals surface area (Å²) in [6, 6.07) is 11.5. The minimum atomic E-state index is -0.811. The van der Waals surface area contributed by atoms with Crippen LogP contribution in [0.4, 0.5) is 17.2 Å². The molecule has 1 heterocycles. The number of aromatic nitrogens is 1. The number of carbonyl (C=O) groups excluding carboxylic acids is 3. The predicted molar refractivity (Wildman–Crippen MR) is 87.0 cm³/mol. The van der Waals surface area contributed by atoms with Crippen LogP contribution in [0, 0.1) is 6.92 Å². The Morgan fingerprint density at radius 1 is 0.826 bits per heavy atom.